The van der Waals surface area contributed by atoms with Gasteiger partial charge in [0.25, 0.3) is 5.91 Å². The van der Waals surface area contributed by atoms with Crippen LogP contribution in [0, 0.1) is 0 Å². The van der Waals surface area contributed by atoms with Crippen LogP contribution in [0.5, 0.6) is 11.5 Å². The van der Waals surface area contributed by atoms with Gasteiger partial charge in [0.2, 0.25) is 5.91 Å². The second-order valence-electron chi connectivity index (χ2n) is 7.20. The summed E-state index contributed by atoms with van der Waals surface area (Å²) in [4.78, 5) is 26.9. The van der Waals surface area contributed by atoms with Crippen LogP contribution in [0.2, 0.25) is 0 Å². The first-order valence-electron chi connectivity index (χ1n) is 10.2. The fraction of sp³-hybridized carbons (Fsp3) is 0.200. The molecule has 0 fully saturated rings. The quantitative estimate of drug-likeness (QED) is 0.533. The fourth-order valence-corrected chi connectivity index (χ4v) is 3.20. The third-order valence-corrected chi connectivity index (χ3v) is 4.85. The number of nitrogens with zero attached hydrogens (tertiary/aromatic N) is 1. The highest BCUT2D eigenvalue weighted by Crippen LogP contribution is 2.28. The summed E-state index contributed by atoms with van der Waals surface area (Å²) in [5, 5.41) is 5.87. The van der Waals surface area contributed by atoms with Gasteiger partial charge in [-0.3, -0.25) is 9.59 Å². The third-order valence-electron chi connectivity index (χ3n) is 4.85. The van der Waals surface area contributed by atoms with Crippen molar-refractivity contribution in [3.05, 3.63) is 83.9 Å². The van der Waals surface area contributed by atoms with Crippen LogP contribution in [0.4, 0.5) is 11.4 Å². The second kappa shape index (κ2) is 10.9. The predicted octanol–water partition coefficient (Wildman–Crippen LogP) is 4.03. The standard InChI is InChI=1S/C25H27N3O4/c1-28(17-18-8-5-4-6-9-18)25(30)19-10-7-11-20(14-19)26-16-24(29)27-22-15-21(31-2)12-13-23(22)32-3/h4-15,26H,16-17H2,1-3H3,(H,27,29). The third kappa shape index (κ3) is 6.01. The molecule has 0 bridgehead atoms. The summed E-state index contributed by atoms with van der Waals surface area (Å²) in [7, 11) is 4.86. The fourth-order valence-electron chi connectivity index (χ4n) is 3.20. The molecule has 166 valence electrons. The monoisotopic (exact) mass is 433 g/mol. The lowest BCUT2D eigenvalue weighted by Gasteiger charge is -2.18. The highest BCUT2D eigenvalue weighted by Gasteiger charge is 2.13. The molecule has 3 aromatic carbocycles. The van der Waals surface area contributed by atoms with Crippen molar-refractivity contribution >= 4 is 23.2 Å². The van der Waals surface area contributed by atoms with E-state index in [1.54, 1.807) is 55.5 Å². The Kier molecular flexibility index (Phi) is 7.70. The molecule has 3 rings (SSSR count). The summed E-state index contributed by atoms with van der Waals surface area (Å²) in [5.74, 6) is 0.797. The van der Waals surface area contributed by atoms with E-state index in [4.69, 9.17) is 9.47 Å². The zero-order chi connectivity index (χ0) is 22.9. The van der Waals surface area contributed by atoms with Gasteiger partial charge in [-0.2, -0.15) is 0 Å². The molecular weight excluding hydrogens is 406 g/mol. The van der Waals surface area contributed by atoms with E-state index >= 15 is 0 Å². The molecule has 0 aliphatic carbocycles. The number of amides is 2. The van der Waals surface area contributed by atoms with Crippen LogP contribution in [0.25, 0.3) is 0 Å². The van der Waals surface area contributed by atoms with E-state index in [9.17, 15) is 9.59 Å². The molecule has 0 spiro atoms. The Morgan fingerprint density at radius 2 is 1.69 bits per heavy atom. The van der Waals surface area contributed by atoms with E-state index < -0.39 is 0 Å². The van der Waals surface area contributed by atoms with E-state index in [-0.39, 0.29) is 18.4 Å². The first kappa shape index (κ1) is 22.7. The molecule has 2 N–H and O–H groups in total. The average Bonchev–Trinajstić information content (AvgIpc) is 2.83. The van der Waals surface area contributed by atoms with Crippen molar-refractivity contribution < 1.29 is 19.1 Å². The van der Waals surface area contributed by atoms with Crippen LogP contribution < -0.4 is 20.1 Å². The van der Waals surface area contributed by atoms with Crippen molar-refractivity contribution in [2.24, 2.45) is 0 Å². The molecule has 32 heavy (non-hydrogen) atoms. The Morgan fingerprint density at radius 1 is 0.906 bits per heavy atom. The van der Waals surface area contributed by atoms with Crippen LogP contribution in [0.1, 0.15) is 15.9 Å². The van der Waals surface area contributed by atoms with Crippen LogP contribution in [0.15, 0.2) is 72.8 Å². The largest absolute Gasteiger partial charge is 0.497 e. The van der Waals surface area contributed by atoms with Gasteiger partial charge < -0.3 is 25.0 Å². The predicted molar refractivity (Wildman–Crippen MR) is 125 cm³/mol. The number of ether oxygens (including phenoxy) is 2. The summed E-state index contributed by atoms with van der Waals surface area (Å²) in [6.45, 7) is 0.542. The Morgan fingerprint density at radius 3 is 2.41 bits per heavy atom. The number of rotatable bonds is 9. The molecular formula is C25H27N3O4. The number of carbonyl (C=O) groups is 2. The van der Waals surface area contributed by atoms with Gasteiger partial charge in [-0.15, -0.1) is 0 Å². The summed E-state index contributed by atoms with van der Waals surface area (Å²) < 4.78 is 10.5. The minimum atomic E-state index is -0.255. The number of carbonyl (C=O) groups excluding carboxylic acids is 2. The molecule has 0 saturated carbocycles. The van der Waals surface area contributed by atoms with Crippen molar-refractivity contribution in [3.8, 4) is 11.5 Å². The first-order valence-corrected chi connectivity index (χ1v) is 10.2. The van der Waals surface area contributed by atoms with Gasteiger partial charge in [0.1, 0.15) is 11.5 Å². The molecule has 0 unspecified atom stereocenters. The van der Waals surface area contributed by atoms with Gasteiger partial charge in [-0.05, 0) is 35.9 Å². The van der Waals surface area contributed by atoms with Crippen molar-refractivity contribution in [3.63, 3.8) is 0 Å². The maximum absolute atomic E-state index is 12.8. The average molecular weight is 434 g/mol. The molecule has 0 heterocycles. The van der Waals surface area contributed by atoms with Gasteiger partial charge in [-0.1, -0.05) is 36.4 Å². The smallest absolute Gasteiger partial charge is 0.253 e. The van der Waals surface area contributed by atoms with Crippen molar-refractivity contribution in [1.29, 1.82) is 0 Å². The van der Waals surface area contributed by atoms with Crippen LogP contribution in [0.3, 0.4) is 0 Å². The van der Waals surface area contributed by atoms with E-state index in [0.717, 1.165) is 5.56 Å². The minimum Gasteiger partial charge on any atom is -0.497 e. The number of methoxy groups -OCH3 is 2. The Hall–Kier alpha value is -4.00. The molecule has 0 saturated heterocycles. The zero-order valence-corrected chi connectivity index (χ0v) is 18.4. The molecule has 2 amide bonds. The lowest BCUT2D eigenvalue weighted by atomic mass is 10.1. The lowest BCUT2D eigenvalue weighted by molar-refractivity contribution is -0.114. The number of anilines is 2. The molecule has 7 nitrogen and oxygen atoms in total. The Labute approximate surface area is 188 Å². The first-order chi connectivity index (χ1) is 15.5. The second-order valence-corrected chi connectivity index (χ2v) is 7.20. The highest BCUT2D eigenvalue weighted by molar-refractivity contribution is 5.96. The van der Waals surface area contributed by atoms with Crippen molar-refractivity contribution in [2.45, 2.75) is 6.54 Å². The number of hydrogen-bond donors (Lipinski definition) is 2. The molecule has 0 aliphatic heterocycles. The van der Waals surface area contributed by atoms with E-state index in [2.05, 4.69) is 10.6 Å². The Balaban J connectivity index is 1.60. The minimum absolute atomic E-state index is 0.0257. The zero-order valence-electron chi connectivity index (χ0n) is 18.4. The molecule has 0 aliphatic rings. The Bertz CT molecular complexity index is 1070. The SMILES string of the molecule is COc1ccc(OC)c(NC(=O)CNc2cccc(C(=O)N(C)Cc3ccccc3)c2)c1. The van der Waals surface area contributed by atoms with Crippen LogP contribution >= 0.6 is 0 Å². The van der Waals surface area contributed by atoms with E-state index in [1.165, 1.54) is 7.11 Å². The van der Waals surface area contributed by atoms with Gasteiger partial charge >= 0.3 is 0 Å². The van der Waals surface area contributed by atoms with E-state index in [1.807, 2.05) is 36.4 Å². The number of benzene rings is 3. The van der Waals surface area contributed by atoms with Crippen LogP contribution in [-0.4, -0.2) is 44.5 Å². The van der Waals surface area contributed by atoms with E-state index in [0.29, 0.717) is 35.0 Å². The molecule has 3 aromatic rings. The van der Waals surface area contributed by atoms with Gasteiger partial charge in [0.15, 0.2) is 0 Å². The lowest BCUT2D eigenvalue weighted by Crippen LogP contribution is -2.26. The maximum atomic E-state index is 12.8. The topological polar surface area (TPSA) is 79.9 Å². The highest BCUT2D eigenvalue weighted by atomic mass is 16.5. The van der Waals surface area contributed by atoms with Gasteiger partial charge in [0.05, 0.1) is 26.5 Å². The molecule has 7 heteroatoms. The number of nitrogens with one attached hydrogen (secondary N) is 2. The number of hydrogen-bond acceptors (Lipinski definition) is 5. The normalized spacial score (nSPS) is 10.2. The summed E-state index contributed by atoms with van der Waals surface area (Å²) in [5.41, 5.74) is 2.80. The summed E-state index contributed by atoms with van der Waals surface area (Å²) >= 11 is 0. The van der Waals surface area contributed by atoms with Gasteiger partial charge in [-0.25, -0.2) is 0 Å². The molecule has 0 atom stereocenters. The van der Waals surface area contributed by atoms with Crippen molar-refractivity contribution in [1.82, 2.24) is 4.90 Å². The molecule has 0 aromatic heterocycles. The summed E-state index contributed by atoms with van der Waals surface area (Å²) in [6.07, 6.45) is 0. The molecule has 0 radical (unpaired) electrons. The van der Waals surface area contributed by atoms with Gasteiger partial charge in [0, 0.05) is 30.9 Å². The van der Waals surface area contributed by atoms with Crippen molar-refractivity contribution in [2.75, 3.05) is 38.4 Å². The summed E-state index contributed by atoms with van der Waals surface area (Å²) in [6, 6.07) is 22.1. The maximum Gasteiger partial charge on any atom is 0.253 e. The van der Waals surface area contributed by atoms with Crippen LogP contribution in [-0.2, 0) is 11.3 Å².